The fraction of sp³-hybridized carbons (Fsp3) is 0.154. The minimum Gasteiger partial charge on any atom is -0.352 e. The standard InChI is InChI=1S/C26H26FN5/c1-28-26(30-16-20-8-12-24(27)13-9-20)31-17-23-4-2-3-5-25(23)22-10-6-21(7-11-22)18-32-15-14-29-19-32/h2-15,19H,16-18H2,1H3,(H2,28,30,31). The summed E-state index contributed by atoms with van der Waals surface area (Å²) in [7, 11) is 1.74. The van der Waals surface area contributed by atoms with Crippen LogP contribution in [-0.2, 0) is 19.6 Å². The Balaban J connectivity index is 1.39. The number of guanidine groups is 1. The molecule has 162 valence electrons. The summed E-state index contributed by atoms with van der Waals surface area (Å²) in [5, 5.41) is 6.65. The third kappa shape index (κ3) is 5.60. The number of aromatic nitrogens is 2. The SMILES string of the molecule is CN=C(NCc1ccc(F)cc1)NCc1ccccc1-c1ccc(Cn2ccnc2)cc1. The van der Waals surface area contributed by atoms with Gasteiger partial charge in [0.15, 0.2) is 5.96 Å². The van der Waals surface area contributed by atoms with E-state index in [2.05, 4.69) is 67.6 Å². The van der Waals surface area contributed by atoms with Crippen molar-refractivity contribution in [3.63, 3.8) is 0 Å². The van der Waals surface area contributed by atoms with Gasteiger partial charge in [-0.15, -0.1) is 0 Å². The van der Waals surface area contributed by atoms with Gasteiger partial charge in [-0.05, 0) is 39.9 Å². The van der Waals surface area contributed by atoms with Gasteiger partial charge in [-0.25, -0.2) is 9.37 Å². The smallest absolute Gasteiger partial charge is 0.191 e. The zero-order valence-corrected chi connectivity index (χ0v) is 18.0. The van der Waals surface area contributed by atoms with Crippen LogP contribution in [0.1, 0.15) is 16.7 Å². The molecule has 0 amide bonds. The average molecular weight is 428 g/mol. The molecule has 6 heteroatoms. The van der Waals surface area contributed by atoms with Crippen molar-refractivity contribution >= 4 is 5.96 Å². The summed E-state index contributed by atoms with van der Waals surface area (Å²) < 4.78 is 15.1. The van der Waals surface area contributed by atoms with E-state index in [4.69, 9.17) is 0 Å². The number of aliphatic imine (C=N–C) groups is 1. The maximum atomic E-state index is 13.1. The van der Waals surface area contributed by atoms with Crippen LogP contribution in [-0.4, -0.2) is 22.6 Å². The first-order valence-electron chi connectivity index (χ1n) is 10.5. The average Bonchev–Trinajstić information content (AvgIpc) is 3.34. The molecule has 4 aromatic rings. The fourth-order valence-corrected chi connectivity index (χ4v) is 3.52. The summed E-state index contributed by atoms with van der Waals surface area (Å²) in [4.78, 5) is 8.39. The first-order chi connectivity index (χ1) is 15.7. The molecule has 0 unspecified atom stereocenters. The molecule has 0 saturated heterocycles. The van der Waals surface area contributed by atoms with Crippen molar-refractivity contribution < 1.29 is 4.39 Å². The Morgan fingerprint density at radius 1 is 0.906 bits per heavy atom. The molecular weight excluding hydrogens is 401 g/mol. The van der Waals surface area contributed by atoms with E-state index in [1.807, 2.05) is 18.6 Å². The summed E-state index contributed by atoms with van der Waals surface area (Å²) in [6.45, 7) is 2.01. The molecule has 0 fully saturated rings. The molecule has 4 rings (SSSR count). The Bertz CT molecular complexity index is 1150. The number of rotatable bonds is 7. The van der Waals surface area contributed by atoms with Gasteiger partial charge in [-0.1, -0.05) is 60.7 Å². The van der Waals surface area contributed by atoms with Crippen LogP contribution in [0, 0.1) is 5.82 Å². The molecule has 1 aromatic heterocycles. The van der Waals surface area contributed by atoms with Crippen molar-refractivity contribution in [1.29, 1.82) is 0 Å². The van der Waals surface area contributed by atoms with E-state index in [0.717, 1.165) is 12.1 Å². The van der Waals surface area contributed by atoms with Gasteiger partial charge in [0.2, 0.25) is 0 Å². The second kappa shape index (κ2) is 10.4. The molecular formula is C26H26FN5. The van der Waals surface area contributed by atoms with Crippen molar-refractivity contribution in [2.75, 3.05) is 7.05 Å². The monoisotopic (exact) mass is 427 g/mol. The van der Waals surface area contributed by atoms with E-state index >= 15 is 0 Å². The van der Waals surface area contributed by atoms with Gasteiger partial charge in [0.1, 0.15) is 5.82 Å². The van der Waals surface area contributed by atoms with Gasteiger partial charge in [-0.3, -0.25) is 4.99 Å². The van der Waals surface area contributed by atoms with E-state index < -0.39 is 0 Å². The lowest BCUT2D eigenvalue weighted by Crippen LogP contribution is -2.36. The Hall–Kier alpha value is -3.93. The largest absolute Gasteiger partial charge is 0.352 e. The molecule has 0 bridgehead atoms. The minimum atomic E-state index is -0.234. The lowest BCUT2D eigenvalue weighted by molar-refractivity contribution is 0.626. The van der Waals surface area contributed by atoms with Crippen LogP contribution < -0.4 is 10.6 Å². The first kappa shape index (κ1) is 21.3. The van der Waals surface area contributed by atoms with Crippen molar-refractivity contribution in [1.82, 2.24) is 20.2 Å². The Labute approximate surface area is 187 Å². The van der Waals surface area contributed by atoms with Crippen LogP contribution in [0.2, 0.25) is 0 Å². The first-order valence-corrected chi connectivity index (χ1v) is 10.5. The molecule has 0 aliphatic carbocycles. The summed E-state index contributed by atoms with van der Waals surface area (Å²) in [6.07, 6.45) is 5.58. The molecule has 5 nitrogen and oxygen atoms in total. The highest BCUT2D eigenvalue weighted by molar-refractivity contribution is 5.80. The lowest BCUT2D eigenvalue weighted by Gasteiger charge is -2.15. The van der Waals surface area contributed by atoms with Crippen molar-refractivity contribution in [3.8, 4) is 11.1 Å². The third-order valence-electron chi connectivity index (χ3n) is 5.25. The molecule has 0 spiro atoms. The van der Waals surface area contributed by atoms with Crippen molar-refractivity contribution in [2.24, 2.45) is 4.99 Å². The topological polar surface area (TPSA) is 54.2 Å². The molecule has 3 aromatic carbocycles. The fourth-order valence-electron chi connectivity index (χ4n) is 3.52. The third-order valence-corrected chi connectivity index (χ3v) is 5.25. The van der Waals surface area contributed by atoms with Gasteiger partial charge in [0, 0.05) is 39.1 Å². The molecule has 32 heavy (non-hydrogen) atoms. The van der Waals surface area contributed by atoms with Crippen molar-refractivity contribution in [2.45, 2.75) is 19.6 Å². The Kier molecular flexibility index (Phi) is 6.92. The molecule has 0 aliphatic rings. The van der Waals surface area contributed by atoms with Gasteiger partial charge in [0.25, 0.3) is 0 Å². The maximum Gasteiger partial charge on any atom is 0.191 e. The quantitative estimate of drug-likeness (QED) is 0.335. The van der Waals surface area contributed by atoms with Crippen molar-refractivity contribution in [3.05, 3.63) is 114 Å². The van der Waals surface area contributed by atoms with E-state index in [9.17, 15) is 4.39 Å². The van der Waals surface area contributed by atoms with Crippen LogP contribution in [0.5, 0.6) is 0 Å². The summed E-state index contributed by atoms with van der Waals surface area (Å²) in [5.74, 6) is 0.461. The van der Waals surface area contributed by atoms with Gasteiger partial charge >= 0.3 is 0 Å². The zero-order chi connectivity index (χ0) is 22.2. The number of hydrogen-bond acceptors (Lipinski definition) is 2. The molecule has 2 N–H and O–H groups in total. The number of halogens is 1. The number of hydrogen-bond donors (Lipinski definition) is 2. The minimum absolute atomic E-state index is 0.234. The normalized spacial score (nSPS) is 11.4. The van der Waals surface area contributed by atoms with Gasteiger partial charge in [-0.2, -0.15) is 0 Å². The van der Waals surface area contributed by atoms with Crippen LogP contribution in [0.4, 0.5) is 4.39 Å². The summed E-state index contributed by atoms with van der Waals surface area (Å²) >= 11 is 0. The second-order valence-electron chi connectivity index (χ2n) is 7.49. The van der Waals surface area contributed by atoms with Gasteiger partial charge in [0.05, 0.1) is 6.33 Å². The predicted molar refractivity (Wildman–Crippen MR) is 127 cm³/mol. The molecule has 0 saturated carbocycles. The van der Waals surface area contributed by atoms with E-state index in [1.165, 1.54) is 34.4 Å². The second-order valence-corrected chi connectivity index (χ2v) is 7.49. The van der Waals surface area contributed by atoms with E-state index in [0.29, 0.717) is 19.0 Å². The molecule has 0 radical (unpaired) electrons. The number of nitrogens with one attached hydrogen (secondary N) is 2. The zero-order valence-electron chi connectivity index (χ0n) is 18.0. The van der Waals surface area contributed by atoms with E-state index in [1.54, 1.807) is 25.4 Å². The number of nitrogens with zero attached hydrogens (tertiary/aromatic N) is 3. The number of imidazole rings is 1. The Morgan fingerprint density at radius 2 is 1.62 bits per heavy atom. The van der Waals surface area contributed by atoms with Crippen LogP contribution >= 0.6 is 0 Å². The van der Waals surface area contributed by atoms with E-state index in [-0.39, 0.29) is 5.82 Å². The Morgan fingerprint density at radius 3 is 2.34 bits per heavy atom. The van der Waals surface area contributed by atoms with Crippen LogP contribution in [0.15, 0.2) is 96.5 Å². The highest BCUT2D eigenvalue weighted by atomic mass is 19.1. The van der Waals surface area contributed by atoms with Crippen LogP contribution in [0.3, 0.4) is 0 Å². The highest BCUT2D eigenvalue weighted by Crippen LogP contribution is 2.24. The molecule has 1 heterocycles. The summed E-state index contributed by atoms with van der Waals surface area (Å²) in [6, 6.07) is 23.4. The summed E-state index contributed by atoms with van der Waals surface area (Å²) in [5.41, 5.74) is 5.76. The maximum absolute atomic E-state index is 13.1. The molecule has 0 aliphatic heterocycles. The number of benzene rings is 3. The molecule has 0 atom stereocenters. The van der Waals surface area contributed by atoms with Crippen LogP contribution in [0.25, 0.3) is 11.1 Å². The predicted octanol–water partition coefficient (Wildman–Crippen LogP) is 4.60. The highest BCUT2D eigenvalue weighted by Gasteiger charge is 2.07. The lowest BCUT2D eigenvalue weighted by atomic mass is 9.98. The van der Waals surface area contributed by atoms with Gasteiger partial charge < -0.3 is 15.2 Å².